The number of ether oxygens (including phenoxy) is 1. The van der Waals surface area contributed by atoms with E-state index < -0.39 is 47.2 Å². The third-order valence-electron chi connectivity index (χ3n) is 4.62. The Bertz CT molecular complexity index is 756. The fraction of sp³-hybridized carbons (Fsp3) is 0.600. The van der Waals surface area contributed by atoms with Gasteiger partial charge in [-0.25, -0.2) is 0 Å². The fourth-order valence-corrected chi connectivity index (χ4v) is 4.66. The van der Waals surface area contributed by atoms with Crippen LogP contribution in [0.2, 0.25) is 0 Å². The number of ketones is 1. The van der Waals surface area contributed by atoms with Crippen molar-refractivity contribution in [3.05, 3.63) is 21.4 Å². The first kappa shape index (κ1) is 19.2. The number of alkyl halides is 6. The zero-order valence-electron chi connectivity index (χ0n) is 13.3. The van der Waals surface area contributed by atoms with Crippen molar-refractivity contribution < 1.29 is 40.7 Å². The van der Waals surface area contributed by atoms with Gasteiger partial charge in [-0.1, -0.05) is 0 Å². The quantitative estimate of drug-likeness (QED) is 0.622. The van der Waals surface area contributed by atoms with Crippen molar-refractivity contribution in [3.63, 3.8) is 0 Å². The number of thiophene rings is 1. The summed E-state index contributed by atoms with van der Waals surface area (Å²) in [7, 11) is 0. The number of hydrogen-bond donors (Lipinski definition) is 0. The lowest BCUT2D eigenvalue weighted by atomic mass is 9.81. The molecule has 1 saturated heterocycles. The summed E-state index contributed by atoms with van der Waals surface area (Å²) in [6, 6.07) is -0.139. The van der Waals surface area contributed by atoms with Crippen molar-refractivity contribution in [2.45, 2.75) is 43.8 Å². The molecule has 0 saturated carbocycles. The van der Waals surface area contributed by atoms with Crippen LogP contribution in [0.25, 0.3) is 0 Å². The molecule has 11 heteroatoms. The molecule has 0 aliphatic carbocycles. The third-order valence-corrected chi connectivity index (χ3v) is 5.99. The highest BCUT2D eigenvalue weighted by Gasteiger charge is 2.52. The Morgan fingerprint density at radius 1 is 1.31 bits per heavy atom. The largest absolute Gasteiger partial charge is 0.471 e. The summed E-state index contributed by atoms with van der Waals surface area (Å²) in [6.07, 6.45) is -9.90. The van der Waals surface area contributed by atoms with Gasteiger partial charge in [0.25, 0.3) is 0 Å². The van der Waals surface area contributed by atoms with Gasteiger partial charge < -0.3 is 9.64 Å². The lowest BCUT2D eigenvalue weighted by molar-refractivity contribution is -0.194. The Balaban J connectivity index is 1.94. The van der Waals surface area contributed by atoms with Gasteiger partial charge in [-0.2, -0.15) is 26.3 Å². The van der Waals surface area contributed by atoms with Crippen LogP contribution in [0.5, 0.6) is 0 Å². The molecule has 4 nitrogen and oxygen atoms in total. The van der Waals surface area contributed by atoms with E-state index in [2.05, 4.69) is 0 Å². The Kier molecular flexibility index (Phi) is 4.38. The van der Waals surface area contributed by atoms with Crippen LogP contribution in [0.1, 0.15) is 39.9 Å². The van der Waals surface area contributed by atoms with Crippen LogP contribution >= 0.6 is 11.3 Å². The Morgan fingerprint density at radius 3 is 2.50 bits per heavy atom. The van der Waals surface area contributed by atoms with Crippen LogP contribution in [0, 0.1) is 0 Å². The van der Waals surface area contributed by atoms with Crippen molar-refractivity contribution in [3.8, 4) is 0 Å². The predicted molar refractivity (Wildman–Crippen MR) is 77.7 cm³/mol. The molecule has 0 bridgehead atoms. The molecule has 2 aliphatic rings. The fourth-order valence-electron chi connectivity index (χ4n) is 3.44. The molecule has 0 N–H and O–H groups in total. The predicted octanol–water partition coefficient (Wildman–Crippen LogP) is 3.75. The molecule has 0 unspecified atom stereocenters. The summed E-state index contributed by atoms with van der Waals surface area (Å²) in [5.41, 5.74) is -1.39. The number of carbonyl (C=O) groups excluding carboxylic acids is 2. The first-order chi connectivity index (χ1) is 11.8. The van der Waals surface area contributed by atoms with E-state index in [0.717, 1.165) is 6.07 Å². The number of Topliss-reactive ketones (excluding diaryl/α,β-unsaturated/α-hetero) is 1. The summed E-state index contributed by atoms with van der Waals surface area (Å²) in [5.74, 6) is -2.59. The first-order valence-corrected chi connectivity index (χ1v) is 8.43. The molecule has 1 amide bonds. The number of hydrogen-bond acceptors (Lipinski definition) is 4. The lowest BCUT2D eigenvalue weighted by Crippen LogP contribution is -2.55. The van der Waals surface area contributed by atoms with Crippen molar-refractivity contribution in [2.75, 3.05) is 13.2 Å². The smallest absolute Gasteiger partial charge is 0.361 e. The maximum absolute atomic E-state index is 13.0. The number of likely N-dealkylation sites (tertiary alicyclic amines) is 1. The van der Waals surface area contributed by atoms with Crippen LogP contribution in [0.4, 0.5) is 26.3 Å². The zero-order chi connectivity index (χ0) is 19.5. The van der Waals surface area contributed by atoms with Gasteiger partial charge in [0.15, 0.2) is 5.78 Å². The van der Waals surface area contributed by atoms with Gasteiger partial charge in [-0.05, 0) is 19.4 Å². The Labute approximate surface area is 147 Å². The second-order valence-corrected chi connectivity index (χ2v) is 7.41. The van der Waals surface area contributed by atoms with Gasteiger partial charge >= 0.3 is 18.3 Å². The normalized spacial score (nSPS) is 27.0. The van der Waals surface area contributed by atoms with E-state index in [1.807, 2.05) is 0 Å². The minimum Gasteiger partial charge on any atom is -0.361 e. The summed E-state index contributed by atoms with van der Waals surface area (Å²) < 4.78 is 82.6. The van der Waals surface area contributed by atoms with Crippen LogP contribution in [0.3, 0.4) is 0 Å². The number of piperidine rings is 1. The van der Waals surface area contributed by atoms with Crippen LogP contribution in [-0.2, 0) is 21.3 Å². The van der Waals surface area contributed by atoms with Gasteiger partial charge in [-0.15, -0.1) is 11.3 Å². The summed E-state index contributed by atoms with van der Waals surface area (Å²) in [4.78, 5) is 23.2. The molecule has 3 rings (SSSR count). The molecule has 144 valence electrons. The van der Waals surface area contributed by atoms with E-state index >= 15 is 0 Å². The van der Waals surface area contributed by atoms with E-state index in [1.165, 1.54) is 6.92 Å². The third kappa shape index (κ3) is 3.11. The topological polar surface area (TPSA) is 46.6 Å². The number of fused-ring (bicyclic) bond motifs is 2. The number of halogens is 6. The maximum Gasteiger partial charge on any atom is 0.471 e. The van der Waals surface area contributed by atoms with Crippen molar-refractivity contribution >= 4 is 23.0 Å². The van der Waals surface area contributed by atoms with Crippen LogP contribution in [-0.4, -0.2) is 42.0 Å². The highest BCUT2D eigenvalue weighted by atomic mass is 32.1. The van der Waals surface area contributed by atoms with E-state index in [1.54, 1.807) is 0 Å². The van der Waals surface area contributed by atoms with Gasteiger partial charge in [0.2, 0.25) is 0 Å². The summed E-state index contributed by atoms with van der Waals surface area (Å²) >= 11 is 0.372. The Hall–Kier alpha value is -1.62. The van der Waals surface area contributed by atoms with Gasteiger partial charge in [-0.3, -0.25) is 9.59 Å². The van der Waals surface area contributed by atoms with E-state index in [9.17, 15) is 35.9 Å². The van der Waals surface area contributed by atoms with Gasteiger partial charge in [0.05, 0.1) is 0 Å². The summed E-state index contributed by atoms with van der Waals surface area (Å²) in [5, 5.41) is 0. The van der Waals surface area contributed by atoms with E-state index in [0.29, 0.717) is 16.2 Å². The zero-order valence-corrected chi connectivity index (χ0v) is 14.1. The SMILES string of the molecule is C[C@H]1C[C@@]2(CCN1C(=O)C(F)(F)F)OCC(=O)c1cc(C(F)(F)F)sc12. The molecular formula is C15H13F6NO3S. The van der Waals surface area contributed by atoms with Gasteiger partial charge in [0, 0.05) is 29.4 Å². The highest BCUT2D eigenvalue weighted by molar-refractivity contribution is 7.12. The molecule has 1 spiro atoms. The molecule has 1 fully saturated rings. The number of rotatable bonds is 0. The minimum absolute atomic E-state index is 0.0760. The highest BCUT2D eigenvalue weighted by Crippen LogP contribution is 2.49. The second kappa shape index (κ2) is 5.95. The Morgan fingerprint density at radius 2 is 1.96 bits per heavy atom. The van der Waals surface area contributed by atoms with E-state index in [-0.39, 0.29) is 29.8 Å². The van der Waals surface area contributed by atoms with Crippen molar-refractivity contribution in [1.29, 1.82) is 0 Å². The monoisotopic (exact) mass is 401 g/mol. The molecule has 1 aromatic heterocycles. The molecule has 26 heavy (non-hydrogen) atoms. The molecule has 0 radical (unpaired) electrons. The van der Waals surface area contributed by atoms with Crippen molar-refractivity contribution in [1.82, 2.24) is 4.90 Å². The second-order valence-electron chi connectivity index (χ2n) is 6.36. The molecule has 3 heterocycles. The number of amides is 1. The lowest BCUT2D eigenvalue weighted by Gasteiger charge is -2.46. The maximum atomic E-state index is 13.0. The number of carbonyl (C=O) groups is 2. The number of nitrogens with zero attached hydrogens (tertiary/aromatic N) is 1. The van der Waals surface area contributed by atoms with Gasteiger partial charge in [0.1, 0.15) is 17.1 Å². The van der Waals surface area contributed by atoms with Crippen LogP contribution in [0.15, 0.2) is 6.07 Å². The molecule has 2 aliphatic heterocycles. The minimum atomic E-state index is -5.03. The average Bonchev–Trinajstić information content (AvgIpc) is 2.97. The summed E-state index contributed by atoms with van der Waals surface area (Å²) in [6.45, 7) is 0.607. The molecule has 2 atom stereocenters. The van der Waals surface area contributed by atoms with E-state index in [4.69, 9.17) is 4.74 Å². The molecule has 1 aromatic rings. The van der Waals surface area contributed by atoms with Crippen LogP contribution < -0.4 is 0 Å². The van der Waals surface area contributed by atoms with Crippen molar-refractivity contribution in [2.24, 2.45) is 0 Å². The molecule has 0 aromatic carbocycles. The molecular weight excluding hydrogens is 388 g/mol. The first-order valence-electron chi connectivity index (χ1n) is 7.61. The average molecular weight is 401 g/mol. The standard InChI is InChI=1S/C15H13F6NO3S/c1-7-5-13(2-3-22(7)12(24)15(19,20)21)11-8(9(23)6-25-13)4-10(26-11)14(16,17)18/h4,7H,2-3,5-6H2,1H3/t7-,13+/m0/s1.